The summed E-state index contributed by atoms with van der Waals surface area (Å²) < 4.78 is 5.02. The third kappa shape index (κ3) is 3.52. The smallest absolute Gasteiger partial charge is 0.310 e. The van der Waals surface area contributed by atoms with Crippen molar-refractivity contribution in [2.45, 2.75) is 32.6 Å². The Kier molecular flexibility index (Phi) is 4.60. The molecule has 0 aliphatic carbocycles. The number of anilines is 1. The standard InChI is InChI=1S/C16H18N2O4/c1-9(2)13-8-14(22-18-13)15(19)17-12-6-4-5-11(7-12)10(3)16(20)21/h4-10H,1-3H3,(H,17,19)(H,20,21). The number of carbonyl (C=O) groups excluding carboxylic acids is 1. The van der Waals surface area contributed by atoms with Gasteiger partial charge in [-0.05, 0) is 30.5 Å². The SMILES string of the molecule is CC(C)c1cc(C(=O)Nc2cccc(C(C)C(=O)O)c2)on1. The van der Waals surface area contributed by atoms with Gasteiger partial charge in [0.2, 0.25) is 5.76 Å². The molecular formula is C16H18N2O4. The van der Waals surface area contributed by atoms with Crippen molar-refractivity contribution in [1.82, 2.24) is 5.16 Å². The van der Waals surface area contributed by atoms with E-state index in [1.807, 2.05) is 13.8 Å². The molecule has 116 valence electrons. The minimum atomic E-state index is -0.916. The summed E-state index contributed by atoms with van der Waals surface area (Å²) in [4.78, 5) is 23.1. The van der Waals surface area contributed by atoms with E-state index in [1.165, 1.54) is 0 Å². The lowest BCUT2D eigenvalue weighted by atomic mass is 10.0. The van der Waals surface area contributed by atoms with E-state index in [0.717, 1.165) is 0 Å². The van der Waals surface area contributed by atoms with Gasteiger partial charge in [-0.1, -0.05) is 31.1 Å². The fourth-order valence-electron chi connectivity index (χ4n) is 1.89. The van der Waals surface area contributed by atoms with Crippen molar-refractivity contribution in [3.63, 3.8) is 0 Å². The highest BCUT2D eigenvalue weighted by molar-refractivity contribution is 6.02. The molecule has 2 N–H and O–H groups in total. The number of hydrogen-bond acceptors (Lipinski definition) is 4. The van der Waals surface area contributed by atoms with Gasteiger partial charge in [-0.3, -0.25) is 9.59 Å². The molecule has 1 aromatic carbocycles. The average Bonchev–Trinajstić information content (AvgIpc) is 2.96. The number of nitrogens with zero attached hydrogens (tertiary/aromatic N) is 1. The summed E-state index contributed by atoms with van der Waals surface area (Å²) in [5, 5.41) is 15.5. The molecule has 0 radical (unpaired) electrons. The molecule has 0 bridgehead atoms. The molecule has 0 aliphatic heterocycles. The zero-order valence-corrected chi connectivity index (χ0v) is 12.7. The second kappa shape index (κ2) is 6.43. The molecule has 6 heteroatoms. The summed E-state index contributed by atoms with van der Waals surface area (Å²) in [5.74, 6) is -1.68. The zero-order valence-electron chi connectivity index (χ0n) is 12.7. The fraction of sp³-hybridized carbons (Fsp3) is 0.312. The van der Waals surface area contributed by atoms with Gasteiger partial charge in [-0.25, -0.2) is 0 Å². The van der Waals surface area contributed by atoms with E-state index in [1.54, 1.807) is 37.3 Å². The first-order valence-corrected chi connectivity index (χ1v) is 6.99. The number of hydrogen-bond donors (Lipinski definition) is 2. The highest BCUT2D eigenvalue weighted by Crippen LogP contribution is 2.20. The van der Waals surface area contributed by atoms with E-state index in [4.69, 9.17) is 9.63 Å². The highest BCUT2D eigenvalue weighted by Gasteiger charge is 2.17. The van der Waals surface area contributed by atoms with Crippen molar-refractivity contribution in [3.8, 4) is 0 Å². The molecule has 1 aromatic heterocycles. The van der Waals surface area contributed by atoms with Gasteiger partial charge in [0.1, 0.15) is 0 Å². The van der Waals surface area contributed by atoms with Gasteiger partial charge in [0.05, 0.1) is 11.6 Å². The molecule has 1 unspecified atom stereocenters. The Balaban J connectivity index is 2.14. The normalized spacial score (nSPS) is 12.2. The number of rotatable bonds is 5. The van der Waals surface area contributed by atoms with Gasteiger partial charge >= 0.3 is 5.97 Å². The number of aromatic nitrogens is 1. The molecule has 1 atom stereocenters. The van der Waals surface area contributed by atoms with Crippen LogP contribution in [0.4, 0.5) is 5.69 Å². The molecular weight excluding hydrogens is 284 g/mol. The third-order valence-corrected chi connectivity index (χ3v) is 3.36. The van der Waals surface area contributed by atoms with Gasteiger partial charge in [0.15, 0.2) is 0 Å². The molecule has 1 heterocycles. The highest BCUT2D eigenvalue weighted by atomic mass is 16.5. The van der Waals surface area contributed by atoms with Crippen molar-refractivity contribution in [2.75, 3.05) is 5.32 Å². The first kappa shape index (κ1) is 15.8. The van der Waals surface area contributed by atoms with Crippen LogP contribution in [0.3, 0.4) is 0 Å². The van der Waals surface area contributed by atoms with E-state index in [2.05, 4.69) is 10.5 Å². The molecule has 0 saturated heterocycles. The predicted octanol–water partition coefficient (Wildman–Crippen LogP) is 3.24. The average molecular weight is 302 g/mol. The number of benzene rings is 1. The van der Waals surface area contributed by atoms with Gasteiger partial charge < -0.3 is 14.9 Å². The van der Waals surface area contributed by atoms with Crippen LogP contribution in [-0.4, -0.2) is 22.1 Å². The van der Waals surface area contributed by atoms with Crippen molar-refractivity contribution in [3.05, 3.63) is 47.3 Å². The third-order valence-electron chi connectivity index (χ3n) is 3.36. The molecule has 0 aliphatic rings. The van der Waals surface area contributed by atoms with E-state index in [-0.39, 0.29) is 11.7 Å². The summed E-state index contributed by atoms with van der Waals surface area (Å²) in [6, 6.07) is 8.33. The Morgan fingerprint density at radius 2 is 1.95 bits per heavy atom. The second-order valence-corrected chi connectivity index (χ2v) is 5.41. The summed E-state index contributed by atoms with van der Waals surface area (Å²) in [6.45, 7) is 5.50. The molecule has 0 saturated carbocycles. The van der Waals surface area contributed by atoms with E-state index in [0.29, 0.717) is 16.9 Å². The first-order valence-electron chi connectivity index (χ1n) is 6.99. The van der Waals surface area contributed by atoms with Crippen LogP contribution in [-0.2, 0) is 4.79 Å². The number of carbonyl (C=O) groups is 2. The van der Waals surface area contributed by atoms with E-state index < -0.39 is 17.8 Å². The Hall–Kier alpha value is -2.63. The fourth-order valence-corrected chi connectivity index (χ4v) is 1.89. The molecule has 2 rings (SSSR count). The quantitative estimate of drug-likeness (QED) is 0.884. The number of amides is 1. The lowest BCUT2D eigenvalue weighted by molar-refractivity contribution is -0.138. The van der Waals surface area contributed by atoms with Crippen molar-refractivity contribution >= 4 is 17.6 Å². The van der Waals surface area contributed by atoms with Crippen LogP contribution in [0.5, 0.6) is 0 Å². The van der Waals surface area contributed by atoms with Crippen molar-refractivity contribution < 1.29 is 19.2 Å². The molecule has 0 fully saturated rings. The molecule has 2 aromatic rings. The monoisotopic (exact) mass is 302 g/mol. The summed E-state index contributed by atoms with van der Waals surface area (Å²) >= 11 is 0. The van der Waals surface area contributed by atoms with Crippen LogP contribution in [0.15, 0.2) is 34.9 Å². The molecule has 0 spiro atoms. The minimum Gasteiger partial charge on any atom is -0.481 e. The Morgan fingerprint density at radius 1 is 1.23 bits per heavy atom. The molecule has 22 heavy (non-hydrogen) atoms. The van der Waals surface area contributed by atoms with Gasteiger partial charge in [0.25, 0.3) is 5.91 Å². The lowest BCUT2D eigenvalue weighted by Crippen LogP contribution is -2.12. The number of nitrogens with one attached hydrogen (secondary N) is 1. The molecule has 1 amide bonds. The first-order chi connectivity index (χ1) is 10.4. The maximum atomic E-state index is 12.1. The van der Waals surface area contributed by atoms with Crippen LogP contribution < -0.4 is 5.32 Å². The number of carboxylic acids is 1. The van der Waals surface area contributed by atoms with Crippen LogP contribution in [0.2, 0.25) is 0 Å². The van der Waals surface area contributed by atoms with Crippen LogP contribution in [0.1, 0.15) is 54.4 Å². The Labute approximate surface area is 128 Å². The van der Waals surface area contributed by atoms with E-state index >= 15 is 0 Å². The Morgan fingerprint density at radius 3 is 2.55 bits per heavy atom. The van der Waals surface area contributed by atoms with Crippen LogP contribution in [0, 0.1) is 0 Å². The van der Waals surface area contributed by atoms with Crippen LogP contribution in [0.25, 0.3) is 0 Å². The maximum absolute atomic E-state index is 12.1. The summed E-state index contributed by atoms with van der Waals surface area (Å²) in [6.07, 6.45) is 0. The maximum Gasteiger partial charge on any atom is 0.310 e. The number of aliphatic carboxylic acids is 1. The van der Waals surface area contributed by atoms with E-state index in [9.17, 15) is 9.59 Å². The Bertz CT molecular complexity index is 691. The summed E-state index contributed by atoms with van der Waals surface area (Å²) in [7, 11) is 0. The summed E-state index contributed by atoms with van der Waals surface area (Å²) in [5.41, 5.74) is 1.84. The predicted molar refractivity (Wildman–Crippen MR) is 81.0 cm³/mol. The lowest BCUT2D eigenvalue weighted by Gasteiger charge is -2.09. The molecule has 6 nitrogen and oxygen atoms in total. The van der Waals surface area contributed by atoms with Gasteiger partial charge in [0, 0.05) is 11.8 Å². The van der Waals surface area contributed by atoms with Crippen molar-refractivity contribution in [1.29, 1.82) is 0 Å². The van der Waals surface area contributed by atoms with Gasteiger partial charge in [-0.2, -0.15) is 0 Å². The van der Waals surface area contributed by atoms with Crippen LogP contribution >= 0.6 is 0 Å². The van der Waals surface area contributed by atoms with Crippen molar-refractivity contribution in [2.24, 2.45) is 0 Å². The largest absolute Gasteiger partial charge is 0.481 e. The second-order valence-electron chi connectivity index (χ2n) is 5.41. The number of carboxylic acid groups (broad SMARTS) is 1. The van der Waals surface area contributed by atoms with Gasteiger partial charge in [-0.15, -0.1) is 0 Å². The minimum absolute atomic E-state index is 0.125. The topological polar surface area (TPSA) is 92.4 Å². The zero-order chi connectivity index (χ0) is 16.3.